The molecule has 0 radical (unpaired) electrons. The fraction of sp³-hybridized carbons (Fsp3) is 0.348. The summed E-state index contributed by atoms with van der Waals surface area (Å²) in [4.78, 5) is 24.6. The van der Waals surface area contributed by atoms with Crippen molar-refractivity contribution in [1.82, 2.24) is 14.5 Å². The number of rotatable bonds is 5. The van der Waals surface area contributed by atoms with Gasteiger partial charge in [0.2, 0.25) is 11.9 Å². The van der Waals surface area contributed by atoms with Crippen LogP contribution in [0.2, 0.25) is 0 Å². The Morgan fingerprint density at radius 2 is 1.91 bits per heavy atom. The van der Waals surface area contributed by atoms with Crippen LogP contribution in [0.25, 0.3) is 11.0 Å². The van der Waals surface area contributed by atoms with Crippen LogP contribution in [0.4, 0.5) is 10.3 Å². The maximum atomic E-state index is 13.4. The third kappa shape index (κ3) is 4.66. The molecule has 0 spiro atoms. The van der Waals surface area contributed by atoms with E-state index in [-0.39, 0.29) is 17.8 Å². The van der Waals surface area contributed by atoms with Crippen molar-refractivity contribution in [2.45, 2.75) is 32.4 Å². The number of fused-ring (bicyclic) bond motifs is 1. The number of nitrogens with zero attached hydrogens (tertiary/aromatic N) is 5. The molecule has 0 aliphatic carbocycles. The summed E-state index contributed by atoms with van der Waals surface area (Å²) >= 11 is 0. The summed E-state index contributed by atoms with van der Waals surface area (Å²) in [7, 11) is 1.85. The number of carbonyl (C=O) groups excluding carboxylic acids is 1. The van der Waals surface area contributed by atoms with E-state index in [1.807, 2.05) is 30.1 Å². The molecule has 1 fully saturated rings. The van der Waals surface area contributed by atoms with Crippen molar-refractivity contribution in [3.63, 3.8) is 0 Å². The molecule has 0 amide bonds. The molecule has 1 saturated heterocycles. The van der Waals surface area contributed by atoms with Crippen LogP contribution in [0.15, 0.2) is 53.7 Å². The standard InChI is InChI=1S/C23H27FN6O2/c1-16(31)32-27-22(25)28(2)19-11-13-29(14-12-19)23-26-20-5-3-4-6-21(20)30(23)15-17-7-9-18(24)10-8-17/h3-10,19H,11-15H2,1-2H3,(H2,25,27). The van der Waals surface area contributed by atoms with Crippen molar-refractivity contribution in [3.05, 3.63) is 59.9 Å². The van der Waals surface area contributed by atoms with Gasteiger partial charge in [0.15, 0.2) is 0 Å². The maximum Gasteiger partial charge on any atom is 0.332 e. The number of para-hydroxylation sites is 2. The minimum atomic E-state index is -0.503. The van der Waals surface area contributed by atoms with Crippen molar-refractivity contribution in [2.24, 2.45) is 10.9 Å². The van der Waals surface area contributed by atoms with E-state index in [1.165, 1.54) is 19.1 Å². The highest BCUT2D eigenvalue weighted by Crippen LogP contribution is 2.27. The van der Waals surface area contributed by atoms with Gasteiger partial charge >= 0.3 is 5.97 Å². The zero-order chi connectivity index (χ0) is 22.7. The molecule has 9 heteroatoms. The van der Waals surface area contributed by atoms with Crippen LogP contribution in [0.1, 0.15) is 25.3 Å². The van der Waals surface area contributed by atoms with E-state index < -0.39 is 5.97 Å². The van der Waals surface area contributed by atoms with Gasteiger partial charge in [0.25, 0.3) is 0 Å². The van der Waals surface area contributed by atoms with Gasteiger partial charge in [-0.25, -0.2) is 14.2 Å². The molecule has 1 aliphatic heterocycles. The number of carbonyl (C=O) groups is 1. The number of nitrogens with two attached hydrogens (primary N) is 1. The Hall–Kier alpha value is -3.62. The first kappa shape index (κ1) is 21.6. The molecule has 2 aromatic carbocycles. The van der Waals surface area contributed by atoms with Gasteiger partial charge in [0, 0.05) is 33.1 Å². The maximum absolute atomic E-state index is 13.4. The highest BCUT2D eigenvalue weighted by atomic mass is 19.1. The summed E-state index contributed by atoms with van der Waals surface area (Å²) < 4.78 is 15.5. The highest BCUT2D eigenvalue weighted by Gasteiger charge is 2.27. The lowest BCUT2D eigenvalue weighted by Gasteiger charge is -2.37. The third-order valence-electron chi connectivity index (χ3n) is 5.81. The molecular formula is C23H27FN6O2. The van der Waals surface area contributed by atoms with Gasteiger partial charge in [0.1, 0.15) is 5.82 Å². The molecular weight excluding hydrogens is 411 g/mol. The van der Waals surface area contributed by atoms with Gasteiger partial charge in [-0.1, -0.05) is 24.3 Å². The van der Waals surface area contributed by atoms with E-state index in [9.17, 15) is 9.18 Å². The van der Waals surface area contributed by atoms with E-state index in [0.29, 0.717) is 6.54 Å². The summed E-state index contributed by atoms with van der Waals surface area (Å²) in [6.07, 6.45) is 1.71. The lowest BCUT2D eigenvalue weighted by atomic mass is 10.0. The molecule has 32 heavy (non-hydrogen) atoms. The fourth-order valence-electron chi connectivity index (χ4n) is 4.05. The minimum absolute atomic E-state index is 0.181. The molecule has 1 aromatic heterocycles. The first-order valence-corrected chi connectivity index (χ1v) is 10.6. The van der Waals surface area contributed by atoms with Crippen LogP contribution < -0.4 is 10.6 Å². The second kappa shape index (κ2) is 9.25. The van der Waals surface area contributed by atoms with Crippen LogP contribution in [0, 0.1) is 5.82 Å². The summed E-state index contributed by atoms with van der Waals surface area (Å²) in [5.74, 6) is 0.337. The number of guanidine groups is 1. The molecule has 3 aromatic rings. The van der Waals surface area contributed by atoms with E-state index in [0.717, 1.165) is 48.5 Å². The molecule has 8 nitrogen and oxygen atoms in total. The first-order chi connectivity index (χ1) is 15.4. The Kier molecular flexibility index (Phi) is 6.25. The van der Waals surface area contributed by atoms with Gasteiger partial charge in [-0.3, -0.25) is 0 Å². The number of hydrogen-bond acceptors (Lipinski definition) is 5. The Balaban J connectivity index is 1.52. The van der Waals surface area contributed by atoms with Crippen LogP contribution in [-0.2, 0) is 16.2 Å². The predicted octanol–water partition coefficient (Wildman–Crippen LogP) is 2.92. The Morgan fingerprint density at radius 1 is 1.22 bits per heavy atom. The lowest BCUT2D eigenvalue weighted by molar-refractivity contribution is -0.141. The van der Waals surface area contributed by atoms with Crippen LogP contribution in [-0.4, -0.2) is 52.6 Å². The van der Waals surface area contributed by atoms with Crippen LogP contribution in [0.5, 0.6) is 0 Å². The van der Waals surface area contributed by atoms with Crippen molar-refractivity contribution in [3.8, 4) is 0 Å². The number of piperidine rings is 1. The van der Waals surface area contributed by atoms with E-state index in [1.54, 1.807) is 12.1 Å². The quantitative estimate of drug-likeness (QED) is 0.285. The lowest BCUT2D eigenvalue weighted by Crippen LogP contribution is -2.48. The number of anilines is 1. The number of halogens is 1. The highest BCUT2D eigenvalue weighted by molar-refractivity contribution is 5.79. The molecule has 2 N–H and O–H groups in total. The first-order valence-electron chi connectivity index (χ1n) is 10.6. The van der Waals surface area contributed by atoms with E-state index in [4.69, 9.17) is 10.7 Å². The fourth-order valence-corrected chi connectivity index (χ4v) is 4.05. The second-order valence-corrected chi connectivity index (χ2v) is 7.97. The molecule has 168 valence electrons. The average molecular weight is 439 g/mol. The number of aromatic nitrogens is 2. The summed E-state index contributed by atoms with van der Waals surface area (Å²) in [6, 6.07) is 14.8. The Bertz CT molecular complexity index is 1120. The van der Waals surface area contributed by atoms with Gasteiger partial charge < -0.3 is 24.9 Å². The van der Waals surface area contributed by atoms with Crippen molar-refractivity contribution in [2.75, 3.05) is 25.0 Å². The average Bonchev–Trinajstić information content (AvgIpc) is 3.17. The smallest absolute Gasteiger partial charge is 0.332 e. The molecule has 1 aliphatic rings. The van der Waals surface area contributed by atoms with E-state index >= 15 is 0 Å². The van der Waals surface area contributed by atoms with Gasteiger partial charge in [-0.15, -0.1) is 0 Å². The monoisotopic (exact) mass is 438 g/mol. The number of oxime groups is 1. The summed E-state index contributed by atoms with van der Waals surface area (Å²) in [5.41, 5.74) is 8.95. The number of hydrogen-bond donors (Lipinski definition) is 1. The SMILES string of the molecule is CC(=O)ON=C(N)N(C)C1CCN(c2nc3ccccc3n2Cc2ccc(F)cc2)CC1. The minimum Gasteiger partial charge on any atom is -0.367 e. The van der Waals surface area contributed by atoms with Crippen LogP contribution >= 0.6 is 0 Å². The third-order valence-corrected chi connectivity index (χ3v) is 5.81. The zero-order valence-electron chi connectivity index (χ0n) is 18.2. The Morgan fingerprint density at radius 3 is 2.59 bits per heavy atom. The molecule has 0 atom stereocenters. The second-order valence-electron chi connectivity index (χ2n) is 7.97. The van der Waals surface area contributed by atoms with E-state index in [2.05, 4.69) is 25.5 Å². The van der Waals surface area contributed by atoms with Gasteiger partial charge in [0.05, 0.1) is 17.6 Å². The van der Waals surface area contributed by atoms with Crippen molar-refractivity contribution >= 4 is 28.9 Å². The molecule has 4 rings (SSSR count). The largest absolute Gasteiger partial charge is 0.367 e. The van der Waals surface area contributed by atoms with Gasteiger partial charge in [-0.2, -0.15) is 0 Å². The van der Waals surface area contributed by atoms with Crippen molar-refractivity contribution in [1.29, 1.82) is 0 Å². The summed E-state index contributed by atoms with van der Waals surface area (Å²) in [5, 5.41) is 3.69. The topological polar surface area (TPSA) is 89.0 Å². The Labute approximate surface area is 186 Å². The number of benzene rings is 2. The molecule has 0 bridgehead atoms. The van der Waals surface area contributed by atoms with Gasteiger partial charge in [-0.05, 0) is 47.8 Å². The van der Waals surface area contributed by atoms with Crippen LogP contribution in [0.3, 0.4) is 0 Å². The molecule has 0 saturated carbocycles. The predicted molar refractivity (Wildman–Crippen MR) is 122 cm³/mol. The summed E-state index contributed by atoms with van der Waals surface area (Å²) in [6.45, 7) is 3.48. The normalized spacial score (nSPS) is 15.2. The van der Waals surface area contributed by atoms with Crippen molar-refractivity contribution < 1.29 is 14.0 Å². The number of imidazole rings is 1. The molecule has 2 heterocycles. The molecule has 0 unspecified atom stereocenters. The zero-order valence-corrected chi connectivity index (χ0v) is 18.2.